The molecule has 1 aromatic rings. The van der Waals surface area contributed by atoms with Crippen molar-refractivity contribution in [1.29, 1.82) is 0 Å². The van der Waals surface area contributed by atoms with Crippen molar-refractivity contribution in [2.75, 3.05) is 25.2 Å². The highest BCUT2D eigenvalue weighted by atomic mass is 16.5. The number of methoxy groups -OCH3 is 1. The van der Waals surface area contributed by atoms with E-state index in [1.165, 1.54) is 0 Å². The van der Waals surface area contributed by atoms with Crippen molar-refractivity contribution in [3.63, 3.8) is 0 Å². The zero-order valence-corrected chi connectivity index (χ0v) is 12.8. The molecule has 1 rings (SSSR count). The number of likely N-dealkylation sites (N-methyl/N-ethyl adjacent to an activating group) is 1. The summed E-state index contributed by atoms with van der Waals surface area (Å²) in [4.78, 5) is 6.56. The van der Waals surface area contributed by atoms with E-state index in [2.05, 4.69) is 28.9 Å². The average molecular weight is 280 g/mol. The summed E-state index contributed by atoms with van der Waals surface area (Å²) in [5.74, 6) is 0.0769. The van der Waals surface area contributed by atoms with Gasteiger partial charge in [0.05, 0.1) is 23.6 Å². The second-order valence-electron chi connectivity index (χ2n) is 4.82. The largest absolute Gasteiger partial charge is 0.409 e. The van der Waals surface area contributed by atoms with Crippen LogP contribution in [0.2, 0.25) is 0 Å². The van der Waals surface area contributed by atoms with Gasteiger partial charge in [-0.2, -0.15) is 0 Å². The summed E-state index contributed by atoms with van der Waals surface area (Å²) < 4.78 is 5.23. The molecule has 0 saturated carbocycles. The number of nitrogens with two attached hydrogens (primary N) is 1. The lowest BCUT2D eigenvalue weighted by Gasteiger charge is -2.32. The molecule has 6 nitrogen and oxygen atoms in total. The number of aryl methyl sites for hydroxylation is 2. The number of pyridine rings is 1. The van der Waals surface area contributed by atoms with E-state index < -0.39 is 0 Å². The van der Waals surface area contributed by atoms with Gasteiger partial charge in [-0.1, -0.05) is 5.16 Å². The van der Waals surface area contributed by atoms with Crippen molar-refractivity contribution in [3.8, 4) is 0 Å². The second kappa shape index (κ2) is 7.09. The molecule has 1 heterocycles. The van der Waals surface area contributed by atoms with Crippen LogP contribution in [0, 0.1) is 13.8 Å². The number of hydrogen-bond donors (Lipinski definition) is 2. The van der Waals surface area contributed by atoms with Gasteiger partial charge in [0.15, 0.2) is 5.84 Å². The Labute approximate surface area is 120 Å². The van der Waals surface area contributed by atoms with Crippen molar-refractivity contribution in [2.45, 2.75) is 33.7 Å². The molecule has 0 fully saturated rings. The summed E-state index contributed by atoms with van der Waals surface area (Å²) in [5.41, 5.74) is 9.04. The molecule has 0 aliphatic carbocycles. The van der Waals surface area contributed by atoms with E-state index in [0.29, 0.717) is 12.2 Å². The molecule has 0 aliphatic heterocycles. The van der Waals surface area contributed by atoms with Crippen LogP contribution in [0.25, 0.3) is 0 Å². The molecule has 0 saturated heterocycles. The van der Waals surface area contributed by atoms with E-state index in [0.717, 1.165) is 23.6 Å². The molecule has 1 atom stereocenters. The van der Waals surface area contributed by atoms with Crippen molar-refractivity contribution < 1.29 is 9.94 Å². The van der Waals surface area contributed by atoms with E-state index in [1.807, 2.05) is 19.9 Å². The summed E-state index contributed by atoms with van der Waals surface area (Å²) in [6, 6.07) is 2.13. The minimum absolute atomic E-state index is 0.0769. The third kappa shape index (κ3) is 3.39. The first-order valence-corrected chi connectivity index (χ1v) is 6.67. The maximum atomic E-state index is 8.99. The van der Waals surface area contributed by atoms with Gasteiger partial charge < -0.3 is 20.6 Å². The van der Waals surface area contributed by atoms with Gasteiger partial charge >= 0.3 is 0 Å². The molecule has 20 heavy (non-hydrogen) atoms. The predicted molar refractivity (Wildman–Crippen MR) is 80.6 cm³/mol. The highest BCUT2D eigenvalue weighted by molar-refractivity contribution is 6.03. The Morgan fingerprint density at radius 1 is 1.55 bits per heavy atom. The maximum Gasteiger partial charge on any atom is 0.174 e. The van der Waals surface area contributed by atoms with Crippen molar-refractivity contribution >= 4 is 11.5 Å². The van der Waals surface area contributed by atoms with Crippen molar-refractivity contribution in [3.05, 3.63) is 23.0 Å². The number of oxime groups is 1. The average Bonchev–Trinajstić information content (AvgIpc) is 2.38. The minimum atomic E-state index is 0.0769. The fourth-order valence-corrected chi connectivity index (χ4v) is 2.45. The zero-order chi connectivity index (χ0) is 15.3. The summed E-state index contributed by atoms with van der Waals surface area (Å²) in [6.07, 6.45) is 0. The van der Waals surface area contributed by atoms with Crippen LogP contribution in [0.15, 0.2) is 11.2 Å². The smallest absolute Gasteiger partial charge is 0.174 e. The molecule has 0 aromatic carbocycles. The number of ether oxygens (including phenoxy) is 1. The van der Waals surface area contributed by atoms with E-state index in [9.17, 15) is 0 Å². The van der Waals surface area contributed by atoms with E-state index >= 15 is 0 Å². The van der Waals surface area contributed by atoms with Crippen LogP contribution >= 0.6 is 0 Å². The zero-order valence-electron chi connectivity index (χ0n) is 12.8. The lowest BCUT2D eigenvalue weighted by Crippen LogP contribution is -2.38. The molecular weight excluding hydrogens is 256 g/mol. The Bertz CT molecular complexity index is 488. The van der Waals surface area contributed by atoms with Crippen LogP contribution in [0.3, 0.4) is 0 Å². The van der Waals surface area contributed by atoms with Gasteiger partial charge in [-0.3, -0.25) is 4.98 Å². The van der Waals surface area contributed by atoms with Gasteiger partial charge in [-0.05, 0) is 33.8 Å². The SMILES string of the molecule is CCN(c1cc(C)nc(C)c1/C(N)=N/O)C(C)COC. The van der Waals surface area contributed by atoms with E-state index in [4.69, 9.17) is 15.7 Å². The molecule has 1 unspecified atom stereocenters. The van der Waals surface area contributed by atoms with Gasteiger partial charge in [0, 0.05) is 25.4 Å². The minimum Gasteiger partial charge on any atom is -0.409 e. The van der Waals surface area contributed by atoms with E-state index in [-0.39, 0.29) is 11.9 Å². The van der Waals surface area contributed by atoms with Crippen molar-refractivity contribution in [1.82, 2.24) is 4.98 Å². The van der Waals surface area contributed by atoms with Crippen LogP contribution < -0.4 is 10.6 Å². The number of aromatic nitrogens is 1. The van der Waals surface area contributed by atoms with Gasteiger partial charge in [-0.15, -0.1) is 0 Å². The first-order valence-electron chi connectivity index (χ1n) is 6.67. The number of anilines is 1. The molecule has 3 N–H and O–H groups in total. The first kappa shape index (κ1) is 16.2. The van der Waals surface area contributed by atoms with Gasteiger partial charge in [0.25, 0.3) is 0 Å². The monoisotopic (exact) mass is 280 g/mol. The number of hydrogen-bond acceptors (Lipinski definition) is 5. The fraction of sp³-hybridized carbons (Fsp3) is 0.571. The summed E-state index contributed by atoms with van der Waals surface area (Å²) in [6.45, 7) is 9.32. The van der Waals surface area contributed by atoms with Crippen LogP contribution in [-0.2, 0) is 4.74 Å². The Kier molecular flexibility index (Phi) is 5.76. The standard InChI is InChI=1S/C14H24N4O2/c1-6-18(10(3)8-20-5)12-7-9(2)16-11(4)13(12)14(15)17-19/h7,10,19H,6,8H2,1-5H3,(H2,15,17). The number of nitrogens with zero attached hydrogens (tertiary/aromatic N) is 3. The molecular formula is C14H24N4O2. The Morgan fingerprint density at radius 2 is 2.20 bits per heavy atom. The normalized spacial score (nSPS) is 13.3. The lowest BCUT2D eigenvalue weighted by atomic mass is 10.1. The molecule has 1 aromatic heterocycles. The summed E-state index contributed by atoms with van der Waals surface area (Å²) in [5, 5.41) is 12.1. The second-order valence-corrected chi connectivity index (χ2v) is 4.82. The Balaban J connectivity index is 3.40. The Hall–Kier alpha value is -1.82. The van der Waals surface area contributed by atoms with Crippen LogP contribution in [-0.4, -0.2) is 42.3 Å². The van der Waals surface area contributed by atoms with Crippen LogP contribution in [0.5, 0.6) is 0 Å². The molecule has 112 valence electrons. The highest BCUT2D eigenvalue weighted by Crippen LogP contribution is 2.25. The quantitative estimate of drug-likeness (QED) is 0.358. The van der Waals surface area contributed by atoms with Gasteiger partial charge in [0.1, 0.15) is 0 Å². The number of amidine groups is 1. The number of rotatable bonds is 6. The van der Waals surface area contributed by atoms with Crippen molar-refractivity contribution in [2.24, 2.45) is 10.9 Å². The Morgan fingerprint density at radius 3 is 2.70 bits per heavy atom. The molecule has 0 spiro atoms. The van der Waals surface area contributed by atoms with Gasteiger partial charge in [-0.25, -0.2) is 0 Å². The van der Waals surface area contributed by atoms with Crippen LogP contribution in [0.1, 0.15) is 30.8 Å². The van der Waals surface area contributed by atoms with Crippen LogP contribution in [0.4, 0.5) is 5.69 Å². The molecule has 0 aliphatic rings. The predicted octanol–water partition coefficient (Wildman–Crippen LogP) is 1.65. The summed E-state index contributed by atoms with van der Waals surface area (Å²) in [7, 11) is 1.68. The van der Waals surface area contributed by atoms with E-state index in [1.54, 1.807) is 7.11 Å². The molecule has 6 heteroatoms. The highest BCUT2D eigenvalue weighted by Gasteiger charge is 2.21. The summed E-state index contributed by atoms with van der Waals surface area (Å²) >= 11 is 0. The fourth-order valence-electron chi connectivity index (χ4n) is 2.45. The maximum absolute atomic E-state index is 8.99. The molecule has 0 radical (unpaired) electrons. The third-order valence-electron chi connectivity index (χ3n) is 3.26. The topological polar surface area (TPSA) is 84.0 Å². The molecule has 0 bridgehead atoms. The first-order chi connectivity index (χ1) is 9.46. The third-order valence-corrected chi connectivity index (χ3v) is 3.26. The molecule has 0 amide bonds. The van der Waals surface area contributed by atoms with Gasteiger partial charge in [0.2, 0.25) is 0 Å². The lowest BCUT2D eigenvalue weighted by molar-refractivity contribution is 0.182.